The predicted octanol–water partition coefficient (Wildman–Crippen LogP) is 1.16. The first-order chi connectivity index (χ1) is 3.93. The second-order valence-electron chi connectivity index (χ2n) is 2.03. The van der Waals surface area contributed by atoms with Crippen LogP contribution in [0.5, 0.6) is 0 Å². The predicted molar refractivity (Wildman–Crippen MR) is 30.6 cm³/mol. The van der Waals surface area contributed by atoms with Crippen molar-refractivity contribution in [2.75, 3.05) is 13.7 Å². The van der Waals surface area contributed by atoms with Crippen molar-refractivity contribution in [2.24, 2.45) is 0 Å². The van der Waals surface area contributed by atoms with Gasteiger partial charge in [0.1, 0.15) is 0 Å². The van der Waals surface area contributed by atoms with Crippen LogP contribution in [0.3, 0.4) is 0 Å². The molecule has 0 aromatic rings. The summed E-state index contributed by atoms with van der Waals surface area (Å²) in [7, 11) is 1.69. The minimum atomic E-state index is 0.0868. The van der Waals surface area contributed by atoms with Crippen molar-refractivity contribution >= 4 is 0 Å². The van der Waals surface area contributed by atoms with E-state index in [0.29, 0.717) is 0 Å². The first-order valence-corrected chi connectivity index (χ1v) is 3.08. The average molecular weight is 116 g/mol. The average Bonchev–Trinajstić information content (AvgIpc) is 1.90. The molecule has 2 heteroatoms. The zero-order chi connectivity index (χ0) is 5.82. The van der Waals surface area contributed by atoms with E-state index in [1.807, 2.05) is 0 Å². The molecule has 1 heterocycles. The van der Waals surface area contributed by atoms with Crippen LogP contribution in [0.1, 0.15) is 19.3 Å². The Hall–Kier alpha value is -0.0800. The monoisotopic (exact) mass is 116 g/mol. The van der Waals surface area contributed by atoms with Crippen molar-refractivity contribution in [1.82, 2.24) is 0 Å². The minimum Gasteiger partial charge on any atom is -0.356 e. The van der Waals surface area contributed by atoms with Gasteiger partial charge in [-0.3, -0.25) is 0 Å². The summed E-state index contributed by atoms with van der Waals surface area (Å²) < 4.78 is 10.2. The third kappa shape index (κ3) is 1.46. The number of rotatable bonds is 1. The first kappa shape index (κ1) is 6.05. The van der Waals surface area contributed by atoms with Crippen molar-refractivity contribution < 1.29 is 9.47 Å². The van der Waals surface area contributed by atoms with Gasteiger partial charge >= 0.3 is 0 Å². The normalized spacial score (nSPS) is 30.4. The van der Waals surface area contributed by atoms with E-state index >= 15 is 0 Å². The molecule has 0 amide bonds. The van der Waals surface area contributed by atoms with E-state index in [9.17, 15) is 0 Å². The summed E-state index contributed by atoms with van der Waals surface area (Å²) >= 11 is 0. The molecule has 1 atom stereocenters. The highest BCUT2D eigenvalue weighted by molar-refractivity contribution is 4.52. The molecule has 0 spiro atoms. The van der Waals surface area contributed by atoms with Crippen LogP contribution in [-0.2, 0) is 9.47 Å². The Balaban J connectivity index is 2.13. The Morgan fingerprint density at radius 3 is 2.75 bits per heavy atom. The minimum absolute atomic E-state index is 0.0868. The molecule has 1 fully saturated rings. The summed E-state index contributed by atoms with van der Waals surface area (Å²) in [6, 6.07) is 0. The molecule has 0 bridgehead atoms. The zero-order valence-corrected chi connectivity index (χ0v) is 5.22. The summed E-state index contributed by atoms with van der Waals surface area (Å²) in [5.41, 5.74) is 0. The molecule has 2 nitrogen and oxygen atoms in total. The second-order valence-corrected chi connectivity index (χ2v) is 2.03. The Kier molecular flexibility index (Phi) is 2.30. The van der Waals surface area contributed by atoms with Crippen LogP contribution in [0.2, 0.25) is 0 Å². The summed E-state index contributed by atoms with van der Waals surface area (Å²) in [5, 5.41) is 0. The summed E-state index contributed by atoms with van der Waals surface area (Å²) in [6.07, 6.45) is 3.60. The van der Waals surface area contributed by atoms with Crippen molar-refractivity contribution in [1.29, 1.82) is 0 Å². The van der Waals surface area contributed by atoms with Crippen LogP contribution in [0.15, 0.2) is 0 Å². The van der Waals surface area contributed by atoms with Gasteiger partial charge in [-0.25, -0.2) is 0 Å². The lowest BCUT2D eigenvalue weighted by molar-refractivity contribution is -0.145. The first-order valence-electron chi connectivity index (χ1n) is 3.08. The quantitative estimate of drug-likeness (QED) is 0.511. The van der Waals surface area contributed by atoms with Gasteiger partial charge in [-0.05, 0) is 19.3 Å². The van der Waals surface area contributed by atoms with Gasteiger partial charge in [-0.2, -0.15) is 0 Å². The lowest BCUT2D eigenvalue weighted by Crippen LogP contribution is -2.20. The van der Waals surface area contributed by atoms with Crippen LogP contribution in [0.25, 0.3) is 0 Å². The van der Waals surface area contributed by atoms with E-state index in [1.54, 1.807) is 7.11 Å². The van der Waals surface area contributed by atoms with Crippen LogP contribution < -0.4 is 0 Å². The van der Waals surface area contributed by atoms with E-state index in [4.69, 9.17) is 9.47 Å². The summed E-state index contributed by atoms with van der Waals surface area (Å²) in [6.45, 7) is 0.874. The van der Waals surface area contributed by atoms with Crippen LogP contribution in [0, 0.1) is 0 Å². The zero-order valence-electron chi connectivity index (χ0n) is 5.22. The van der Waals surface area contributed by atoms with Crippen molar-refractivity contribution in [2.45, 2.75) is 25.6 Å². The Labute approximate surface area is 49.8 Å². The topological polar surface area (TPSA) is 18.5 Å². The second kappa shape index (κ2) is 3.05. The lowest BCUT2D eigenvalue weighted by atomic mass is 10.2. The fraction of sp³-hybridized carbons (Fsp3) is 1.00. The molecule has 1 aliphatic rings. The molecule has 1 rings (SSSR count). The maximum Gasteiger partial charge on any atom is 0.157 e. The number of methoxy groups -OCH3 is 1. The number of hydrogen-bond donors (Lipinski definition) is 0. The fourth-order valence-corrected chi connectivity index (χ4v) is 0.897. The highest BCUT2D eigenvalue weighted by atomic mass is 16.7. The van der Waals surface area contributed by atoms with Crippen molar-refractivity contribution in [3.8, 4) is 0 Å². The molecule has 1 saturated heterocycles. The van der Waals surface area contributed by atoms with Crippen molar-refractivity contribution in [3.63, 3.8) is 0 Å². The van der Waals surface area contributed by atoms with Gasteiger partial charge in [0.2, 0.25) is 0 Å². The fourth-order valence-electron chi connectivity index (χ4n) is 0.897. The van der Waals surface area contributed by atoms with Gasteiger partial charge in [0.25, 0.3) is 0 Å². The molecule has 0 aliphatic carbocycles. The SMILES string of the molecule is CO[C@@H]1CCCCO1. The van der Waals surface area contributed by atoms with E-state index in [0.717, 1.165) is 13.0 Å². The largest absolute Gasteiger partial charge is 0.356 e. The maximum atomic E-state index is 5.20. The summed E-state index contributed by atoms with van der Waals surface area (Å²) in [5.74, 6) is 0. The van der Waals surface area contributed by atoms with Gasteiger partial charge in [0, 0.05) is 13.7 Å². The number of ether oxygens (including phenoxy) is 2. The molecule has 0 saturated carbocycles. The molecule has 48 valence electrons. The lowest BCUT2D eigenvalue weighted by Gasteiger charge is -2.20. The Bertz CT molecular complexity index is 57.5. The molecule has 0 N–H and O–H groups in total. The van der Waals surface area contributed by atoms with Crippen molar-refractivity contribution in [3.05, 3.63) is 0 Å². The van der Waals surface area contributed by atoms with Crippen LogP contribution in [0.4, 0.5) is 0 Å². The summed E-state index contributed by atoms with van der Waals surface area (Å²) in [4.78, 5) is 0. The Morgan fingerprint density at radius 1 is 1.50 bits per heavy atom. The van der Waals surface area contributed by atoms with Gasteiger partial charge in [-0.1, -0.05) is 0 Å². The van der Waals surface area contributed by atoms with Gasteiger partial charge in [0.15, 0.2) is 6.29 Å². The van der Waals surface area contributed by atoms with E-state index in [-0.39, 0.29) is 6.29 Å². The molecule has 0 aromatic heterocycles. The third-order valence-corrected chi connectivity index (χ3v) is 1.40. The highest BCUT2D eigenvalue weighted by Crippen LogP contribution is 2.11. The van der Waals surface area contributed by atoms with E-state index in [2.05, 4.69) is 0 Å². The van der Waals surface area contributed by atoms with Crippen LogP contribution in [-0.4, -0.2) is 20.0 Å². The molecule has 1 aliphatic heterocycles. The standard InChI is InChI=1S/C6H12O2/c1-7-6-4-2-3-5-8-6/h6H,2-5H2,1H3/t6-/m0/s1. The van der Waals surface area contributed by atoms with Gasteiger partial charge < -0.3 is 9.47 Å². The molecule has 0 aromatic carbocycles. The number of hydrogen-bond acceptors (Lipinski definition) is 2. The molecule has 0 unspecified atom stereocenters. The van der Waals surface area contributed by atoms with E-state index < -0.39 is 0 Å². The molecule has 8 heavy (non-hydrogen) atoms. The molecular formula is C6H12O2. The van der Waals surface area contributed by atoms with Crippen LogP contribution >= 0.6 is 0 Å². The smallest absolute Gasteiger partial charge is 0.157 e. The highest BCUT2D eigenvalue weighted by Gasteiger charge is 2.10. The Morgan fingerprint density at radius 2 is 2.38 bits per heavy atom. The van der Waals surface area contributed by atoms with Gasteiger partial charge in [-0.15, -0.1) is 0 Å². The molecule has 0 radical (unpaired) electrons. The third-order valence-electron chi connectivity index (χ3n) is 1.40. The maximum absolute atomic E-state index is 5.20. The van der Waals surface area contributed by atoms with Gasteiger partial charge in [0.05, 0.1) is 0 Å². The van der Waals surface area contributed by atoms with E-state index in [1.165, 1.54) is 12.8 Å². The molecular weight excluding hydrogens is 104 g/mol.